The van der Waals surface area contributed by atoms with Gasteiger partial charge in [0.05, 0.1) is 0 Å². The molecule has 2 unspecified atom stereocenters. The molecule has 0 bridgehead atoms. The summed E-state index contributed by atoms with van der Waals surface area (Å²) in [6.45, 7) is 0.863. The highest BCUT2D eigenvalue weighted by Gasteiger charge is 2.37. The van der Waals surface area contributed by atoms with E-state index >= 15 is 0 Å². The Bertz CT molecular complexity index is 356. The molecule has 1 aromatic carbocycles. The number of nitrogens with two attached hydrogens (primary N) is 1. The van der Waals surface area contributed by atoms with Crippen LogP contribution in [0.3, 0.4) is 0 Å². The smallest absolute Gasteiger partial charge is 0.00428 e. The average Bonchev–Trinajstić information content (AvgIpc) is 2.87. The van der Waals surface area contributed by atoms with Gasteiger partial charge in [0, 0.05) is 0 Å². The van der Waals surface area contributed by atoms with E-state index in [-0.39, 0.29) is 0 Å². The fourth-order valence-corrected chi connectivity index (χ4v) is 2.74. The predicted molar refractivity (Wildman–Crippen MR) is 58.4 cm³/mol. The zero-order valence-electron chi connectivity index (χ0n) is 8.50. The molecule has 2 atom stereocenters. The lowest BCUT2D eigenvalue weighted by atomic mass is 10.0. The molecule has 0 amide bonds. The highest BCUT2D eigenvalue weighted by atomic mass is 14.6. The van der Waals surface area contributed by atoms with Crippen molar-refractivity contribution >= 4 is 0 Å². The van der Waals surface area contributed by atoms with Crippen LogP contribution in [-0.2, 0) is 12.8 Å². The van der Waals surface area contributed by atoms with Gasteiger partial charge in [-0.25, -0.2) is 0 Å². The molecule has 0 spiro atoms. The van der Waals surface area contributed by atoms with Gasteiger partial charge in [-0.1, -0.05) is 18.2 Å². The van der Waals surface area contributed by atoms with E-state index < -0.39 is 0 Å². The van der Waals surface area contributed by atoms with Gasteiger partial charge >= 0.3 is 0 Å². The highest BCUT2D eigenvalue weighted by Crippen LogP contribution is 2.47. The van der Waals surface area contributed by atoms with E-state index in [9.17, 15) is 0 Å². The van der Waals surface area contributed by atoms with Crippen LogP contribution < -0.4 is 5.73 Å². The molecular formula is C13H17N. The number of fused-ring (bicyclic) bond motifs is 1. The third-order valence-electron chi connectivity index (χ3n) is 3.78. The zero-order valence-corrected chi connectivity index (χ0v) is 8.50. The molecule has 0 aromatic heterocycles. The second-order valence-corrected chi connectivity index (χ2v) is 4.72. The summed E-state index contributed by atoms with van der Waals surface area (Å²) in [5, 5.41) is 0. The Kier molecular flexibility index (Phi) is 1.88. The van der Waals surface area contributed by atoms with Crippen molar-refractivity contribution in [2.45, 2.75) is 31.6 Å². The molecule has 0 heterocycles. The van der Waals surface area contributed by atoms with Crippen LogP contribution in [0.25, 0.3) is 0 Å². The maximum Gasteiger partial charge on any atom is -0.00428 e. The Labute approximate surface area is 85.3 Å². The van der Waals surface area contributed by atoms with Crippen molar-refractivity contribution in [2.24, 2.45) is 11.7 Å². The molecule has 14 heavy (non-hydrogen) atoms. The zero-order chi connectivity index (χ0) is 9.54. The summed E-state index contributed by atoms with van der Waals surface area (Å²) < 4.78 is 0. The third kappa shape index (κ3) is 1.27. The van der Waals surface area contributed by atoms with Crippen LogP contribution in [0.5, 0.6) is 0 Å². The Morgan fingerprint density at radius 3 is 2.86 bits per heavy atom. The predicted octanol–water partition coefficient (Wildman–Crippen LogP) is 2.24. The number of benzene rings is 1. The normalized spacial score (nSPS) is 28.9. The Hall–Kier alpha value is -0.820. The molecular weight excluding hydrogens is 170 g/mol. The first-order valence-corrected chi connectivity index (χ1v) is 5.70. The number of rotatable bonds is 2. The van der Waals surface area contributed by atoms with Gasteiger partial charge in [0.15, 0.2) is 0 Å². The van der Waals surface area contributed by atoms with Crippen molar-refractivity contribution in [3.63, 3.8) is 0 Å². The maximum atomic E-state index is 5.67. The molecule has 2 N–H and O–H groups in total. The van der Waals surface area contributed by atoms with E-state index in [1.54, 1.807) is 16.7 Å². The molecule has 1 fully saturated rings. The summed E-state index contributed by atoms with van der Waals surface area (Å²) >= 11 is 0. The minimum atomic E-state index is 0.773. The van der Waals surface area contributed by atoms with Crippen molar-refractivity contribution in [1.82, 2.24) is 0 Å². The second kappa shape index (κ2) is 3.09. The fourth-order valence-electron chi connectivity index (χ4n) is 2.74. The van der Waals surface area contributed by atoms with Crippen LogP contribution in [0.4, 0.5) is 0 Å². The summed E-state index contributed by atoms with van der Waals surface area (Å²) in [6.07, 6.45) is 5.25. The summed E-state index contributed by atoms with van der Waals surface area (Å²) in [4.78, 5) is 0. The Balaban J connectivity index is 1.87. The molecule has 74 valence electrons. The van der Waals surface area contributed by atoms with Gasteiger partial charge in [0.25, 0.3) is 0 Å². The number of hydrogen-bond donors (Lipinski definition) is 1. The SMILES string of the molecule is NCC1CC1c1ccc2c(c1)CCC2. The first-order valence-electron chi connectivity index (χ1n) is 5.70. The molecule has 1 saturated carbocycles. The fraction of sp³-hybridized carbons (Fsp3) is 0.538. The highest BCUT2D eigenvalue weighted by molar-refractivity contribution is 5.38. The van der Waals surface area contributed by atoms with Crippen LogP contribution in [0, 0.1) is 5.92 Å². The Morgan fingerprint density at radius 1 is 1.21 bits per heavy atom. The number of aryl methyl sites for hydroxylation is 2. The van der Waals surface area contributed by atoms with E-state index in [0.717, 1.165) is 18.4 Å². The van der Waals surface area contributed by atoms with Gasteiger partial charge in [0.2, 0.25) is 0 Å². The van der Waals surface area contributed by atoms with Crippen LogP contribution >= 0.6 is 0 Å². The number of hydrogen-bond acceptors (Lipinski definition) is 1. The second-order valence-electron chi connectivity index (χ2n) is 4.72. The van der Waals surface area contributed by atoms with Gasteiger partial charge in [0.1, 0.15) is 0 Å². The largest absolute Gasteiger partial charge is 0.330 e. The average molecular weight is 187 g/mol. The lowest BCUT2D eigenvalue weighted by Gasteiger charge is -2.03. The van der Waals surface area contributed by atoms with Crippen molar-refractivity contribution in [3.05, 3.63) is 34.9 Å². The molecule has 1 nitrogen and oxygen atoms in total. The van der Waals surface area contributed by atoms with E-state index in [0.29, 0.717) is 0 Å². The van der Waals surface area contributed by atoms with Gasteiger partial charge < -0.3 is 5.73 Å². The van der Waals surface area contributed by atoms with E-state index in [4.69, 9.17) is 5.73 Å². The van der Waals surface area contributed by atoms with Crippen molar-refractivity contribution in [2.75, 3.05) is 6.54 Å². The molecule has 0 saturated heterocycles. The summed E-state index contributed by atoms with van der Waals surface area (Å²) in [5.74, 6) is 1.56. The Morgan fingerprint density at radius 2 is 2.07 bits per heavy atom. The quantitative estimate of drug-likeness (QED) is 0.755. The van der Waals surface area contributed by atoms with Crippen molar-refractivity contribution in [1.29, 1.82) is 0 Å². The molecule has 1 aromatic rings. The van der Waals surface area contributed by atoms with Gasteiger partial charge in [-0.3, -0.25) is 0 Å². The van der Waals surface area contributed by atoms with E-state index in [1.807, 2.05) is 0 Å². The van der Waals surface area contributed by atoms with Crippen LogP contribution in [0.2, 0.25) is 0 Å². The van der Waals surface area contributed by atoms with Crippen LogP contribution in [0.15, 0.2) is 18.2 Å². The molecule has 0 radical (unpaired) electrons. The molecule has 2 aliphatic rings. The first kappa shape index (κ1) is 8.49. The monoisotopic (exact) mass is 187 g/mol. The van der Waals surface area contributed by atoms with Gasteiger partial charge in [-0.15, -0.1) is 0 Å². The third-order valence-corrected chi connectivity index (χ3v) is 3.78. The van der Waals surface area contributed by atoms with Crippen LogP contribution in [0.1, 0.15) is 35.4 Å². The minimum absolute atomic E-state index is 0.773. The summed E-state index contributed by atoms with van der Waals surface area (Å²) in [7, 11) is 0. The topological polar surface area (TPSA) is 26.0 Å². The lowest BCUT2D eigenvalue weighted by Crippen LogP contribution is -2.02. The minimum Gasteiger partial charge on any atom is -0.330 e. The molecule has 0 aliphatic heterocycles. The maximum absolute atomic E-state index is 5.67. The first-order chi connectivity index (χ1) is 6.88. The van der Waals surface area contributed by atoms with E-state index in [2.05, 4.69) is 18.2 Å². The van der Waals surface area contributed by atoms with E-state index in [1.165, 1.54) is 25.7 Å². The molecule has 3 rings (SSSR count). The van der Waals surface area contributed by atoms with Crippen molar-refractivity contribution in [3.8, 4) is 0 Å². The summed E-state index contributed by atoms with van der Waals surface area (Å²) in [6, 6.07) is 7.09. The van der Waals surface area contributed by atoms with Gasteiger partial charge in [-0.2, -0.15) is 0 Å². The molecule has 2 aliphatic carbocycles. The lowest BCUT2D eigenvalue weighted by molar-refractivity contribution is 0.809. The van der Waals surface area contributed by atoms with Crippen molar-refractivity contribution < 1.29 is 0 Å². The van der Waals surface area contributed by atoms with Gasteiger partial charge in [-0.05, 0) is 60.8 Å². The summed E-state index contributed by atoms with van der Waals surface area (Å²) in [5.41, 5.74) is 10.4. The standard InChI is InChI=1S/C13H17N/c14-8-12-7-13(12)11-5-4-9-2-1-3-10(9)6-11/h4-6,12-13H,1-3,7-8,14H2. The van der Waals surface area contributed by atoms with Crippen LogP contribution in [-0.4, -0.2) is 6.54 Å². The molecule has 1 heteroatoms.